The number of hydrogen-bond donors (Lipinski definition) is 5. The number of carbonyl (C=O) groups is 1. The monoisotopic (exact) mass is 890 g/mol. The summed E-state index contributed by atoms with van der Waals surface area (Å²) in [6, 6.07) is -1.00. The minimum Gasteiger partial charge on any atom is -0.394 e. The Morgan fingerprint density at radius 1 is 0.381 bits per heavy atom. The molecule has 0 spiro atoms. The van der Waals surface area contributed by atoms with E-state index in [9.17, 15) is 25.2 Å². The van der Waals surface area contributed by atoms with E-state index in [-0.39, 0.29) is 0 Å². The number of carbonyl (C=O) groups excluding carboxylic acids is 1. The maximum absolute atomic E-state index is 12.6. The lowest BCUT2D eigenvalue weighted by Crippen LogP contribution is -2.53. The quantitative estimate of drug-likeness (QED) is 0.0309. The van der Waals surface area contributed by atoms with Crippen LogP contribution in [0, 0.1) is 0 Å². The third-order valence-corrected chi connectivity index (χ3v) is 13.4. The summed E-state index contributed by atoms with van der Waals surface area (Å²) in [6.07, 6.45) is 62.5. The van der Waals surface area contributed by atoms with Crippen molar-refractivity contribution in [2.24, 2.45) is 0 Å². The third kappa shape index (κ3) is 45.7. The molecule has 6 heteroatoms. The second-order valence-electron chi connectivity index (χ2n) is 19.6. The van der Waals surface area contributed by atoms with Crippen molar-refractivity contribution >= 4 is 5.91 Å². The second-order valence-corrected chi connectivity index (χ2v) is 19.6. The molecule has 0 aliphatic rings. The van der Waals surface area contributed by atoms with Gasteiger partial charge in [-0.3, -0.25) is 4.79 Å². The molecule has 4 unspecified atom stereocenters. The number of allylic oxidation sites excluding steroid dienone is 4. The minimum absolute atomic E-state index is 0.357. The Morgan fingerprint density at radius 2 is 0.651 bits per heavy atom. The SMILES string of the molecule is CCCCCCCCCC/C=C\CCCCCCCCC(O)C(=O)NC(CO)C(O)C(O)CCC/C=C/CCCCCCCCCCCCCCCCCCCCCCCCCC. The lowest BCUT2D eigenvalue weighted by atomic mass is 10.00. The van der Waals surface area contributed by atoms with Crippen molar-refractivity contribution in [2.75, 3.05) is 6.61 Å². The first-order chi connectivity index (χ1) is 31.0. The molecule has 0 aliphatic carbocycles. The Hall–Kier alpha value is -1.21. The van der Waals surface area contributed by atoms with Crippen molar-refractivity contribution in [3.05, 3.63) is 24.3 Å². The molecular formula is C57H111NO5. The molecule has 6 nitrogen and oxygen atoms in total. The Labute approximate surface area is 393 Å². The van der Waals surface area contributed by atoms with Gasteiger partial charge in [-0.2, -0.15) is 0 Å². The van der Waals surface area contributed by atoms with Gasteiger partial charge >= 0.3 is 0 Å². The lowest BCUT2D eigenvalue weighted by molar-refractivity contribution is -0.132. The van der Waals surface area contributed by atoms with Crippen molar-refractivity contribution in [3.8, 4) is 0 Å². The van der Waals surface area contributed by atoms with Crippen LogP contribution in [0.2, 0.25) is 0 Å². The predicted octanol–water partition coefficient (Wildman–Crippen LogP) is 16.3. The molecular weight excluding hydrogens is 779 g/mol. The van der Waals surface area contributed by atoms with Gasteiger partial charge in [0.25, 0.3) is 0 Å². The molecule has 0 saturated heterocycles. The van der Waals surface area contributed by atoms with Gasteiger partial charge < -0.3 is 25.7 Å². The van der Waals surface area contributed by atoms with E-state index in [1.54, 1.807) is 0 Å². The molecule has 0 saturated carbocycles. The summed E-state index contributed by atoms with van der Waals surface area (Å²) >= 11 is 0. The fraction of sp³-hybridized carbons (Fsp3) is 0.912. The number of aliphatic hydroxyl groups excluding tert-OH is 4. The highest BCUT2D eigenvalue weighted by molar-refractivity contribution is 5.80. The molecule has 0 bridgehead atoms. The van der Waals surface area contributed by atoms with E-state index in [4.69, 9.17) is 0 Å². The first kappa shape index (κ1) is 61.8. The average Bonchev–Trinajstić information content (AvgIpc) is 3.29. The predicted molar refractivity (Wildman–Crippen MR) is 274 cm³/mol. The number of unbranched alkanes of at least 4 members (excludes halogenated alkanes) is 39. The molecule has 63 heavy (non-hydrogen) atoms. The molecule has 374 valence electrons. The first-order valence-corrected chi connectivity index (χ1v) is 28.2. The summed E-state index contributed by atoms with van der Waals surface area (Å²) in [5.74, 6) is -0.595. The van der Waals surface area contributed by atoms with Crippen molar-refractivity contribution in [1.29, 1.82) is 0 Å². The Morgan fingerprint density at radius 3 is 0.952 bits per heavy atom. The van der Waals surface area contributed by atoms with E-state index in [2.05, 4.69) is 43.5 Å². The molecule has 1 amide bonds. The fourth-order valence-corrected chi connectivity index (χ4v) is 8.93. The van der Waals surface area contributed by atoms with E-state index in [0.717, 1.165) is 44.9 Å². The van der Waals surface area contributed by atoms with Crippen molar-refractivity contribution in [3.63, 3.8) is 0 Å². The highest BCUT2D eigenvalue weighted by Gasteiger charge is 2.28. The number of nitrogens with one attached hydrogen (secondary N) is 1. The summed E-state index contributed by atoms with van der Waals surface area (Å²) in [5, 5.41) is 43.9. The van der Waals surface area contributed by atoms with E-state index < -0.39 is 36.9 Å². The number of amides is 1. The van der Waals surface area contributed by atoms with Crippen LogP contribution in [0.4, 0.5) is 0 Å². The largest absolute Gasteiger partial charge is 0.394 e. The molecule has 0 aromatic rings. The van der Waals surface area contributed by atoms with Gasteiger partial charge in [-0.1, -0.05) is 263 Å². The van der Waals surface area contributed by atoms with E-state index in [1.807, 2.05) is 0 Å². The van der Waals surface area contributed by atoms with Crippen LogP contribution >= 0.6 is 0 Å². The third-order valence-electron chi connectivity index (χ3n) is 13.4. The zero-order chi connectivity index (χ0) is 45.9. The van der Waals surface area contributed by atoms with Gasteiger partial charge in [0.2, 0.25) is 5.91 Å². The molecule has 0 radical (unpaired) electrons. The van der Waals surface area contributed by atoms with Crippen LogP contribution < -0.4 is 5.32 Å². The van der Waals surface area contributed by atoms with Crippen LogP contribution in [-0.4, -0.2) is 57.3 Å². The second kappa shape index (κ2) is 51.8. The van der Waals surface area contributed by atoms with E-state index >= 15 is 0 Å². The molecule has 4 atom stereocenters. The summed E-state index contributed by atoms with van der Waals surface area (Å²) in [4.78, 5) is 12.6. The van der Waals surface area contributed by atoms with Crippen LogP contribution in [0.15, 0.2) is 24.3 Å². The van der Waals surface area contributed by atoms with Gasteiger partial charge in [-0.25, -0.2) is 0 Å². The standard InChI is InChI=1S/C57H111NO5/c1-3-5-7-9-11-13-15-17-19-21-23-24-25-26-27-28-29-30-31-32-33-35-36-38-40-42-44-46-48-50-54(60)56(62)53(52-59)58-57(63)55(61)51-49-47-45-43-41-39-37-34-22-20-18-16-14-12-10-8-6-4-2/h22,34,42,44,53-56,59-62H,3-21,23-33,35-41,43,45-52H2,1-2H3,(H,58,63)/b34-22-,44-42+. The van der Waals surface area contributed by atoms with Gasteiger partial charge in [0.05, 0.1) is 18.8 Å². The average molecular weight is 891 g/mol. The Balaban J connectivity index is 3.63. The fourth-order valence-electron chi connectivity index (χ4n) is 8.93. The topological polar surface area (TPSA) is 110 Å². The van der Waals surface area contributed by atoms with Crippen LogP contribution in [-0.2, 0) is 4.79 Å². The van der Waals surface area contributed by atoms with E-state index in [1.165, 1.54) is 231 Å². The van der Waals surface area contributed by atoms with Crippen LogP contribution in [0.5, 0.6) is 0 Å². The zero-order valence-electron chi connectivity index (χ0n) is 42.3. The summed E-state index contributed by atoms with van der Waals surface area (Å²) in [6.45, 7) is 4.07. The number of hydrogen-bond acceptors (Lipinski definition) is 5. The van der Waals surface area contributed by atoms with Crippen molar-refractivity contribution in [1.82, 2.24) is 5.32 Å². The van der Waals surface area contributed by atoms with Crippen LogP contribution in [0.3, 0.4) is 0 Å². The molecule has 0 rings (SSSR count). The minimum atomic E-state index is -1.28. The molecule has 0 aliphatic heterocycles. The van der Waals surface area contributed by atoms with Crippen LogP contribution in [0.1, 0.15) is 303 Å². The maximum atomic E-state index is 12.6. The molecule has 0 aromatic heterocycles. The lowest BCUT2D eigenvalue weighted by Gasteiger charge is -2.27. The van der Waals surface area contributed by atoms with Crippen molar-refractivity contribution < 1.29 is 25.2 Å². The first-order valence-electron chi connectivity index (χ1n) is 28.2. The normalized spacial score (nSPS) is 13.9. The summed E-state index contributed by atoms with van der Waals surface area (Å²) in [5.41, 5.74) is 0. The number of aliphatic hydroxyl groups is 4. The van der Waals surface area contributed by atoms with Gasteiger partial charge in [0, 0.05) is 0 Å². The highest BCUT2D eigenvalue weighted by atomic mass is 16.3. The molecule has 0 aromatic carbocycles. The van der Waals surface area contributed by atoms with Gasteiger partial charge in [0.15, 0.2) is 0 Å². The molecule has 5 N–H and O–H groups in total. The van der Waals surface area contributed by atoms with E-state index in [0.29, 0.717) is 12.8 Å². The summed E-state index contributed by atoms with van der Waals surface area (Å²) in [7, 11) is 0. The maximum Gasteiger partial charge on any atom is 0.249 e. The zero-order valence-corrected chi connectivity index (χ0v) is 42.3. The van der Waals surface area contributed by atoms with Crippen molar-refractivity contribution in [2.45, 2.75) is 327 Å². The highest BCUT2D eigenvalue weighted by Crippen LogP contribution is 2.17. The smallest absolute Gasteiger partial charge is 0.249 e. The van der Waals surface area contributed by atoms with Crippen LogP contribution in [0.25, 0.3) is 0 Å². The van der Waals surface area contributed by atoms with Gasteiger partial charge in [0.1, 0.15) is 12.2 Å². The molecule has 0 heterocycles. The number of rotatable bonds is 52. The Bertz CT molecular complexity index is 955. The Kier molecular flexibility index (Phi) is 50.8. The van der Waals surface area contributed by atoms with Gasteiger partial charge in [-0.05, 0) is 64.2 Å². The molecule has 0 fully saturated rings. The van der Waals surface area contributed by atoms with Gasteiger partial charge in [-0.15, -0.1) is 0 Å². The summed E-state index contributed by atoms with van der Waals surface area (Å²) < 4.78 is 0.